The minimum Gasteiger partial charge on any atom is -0.490 e. The number of halogens is 5. The van der Waals surface area contributed by atoms with Crippen molar-refractivity contribution in [2.75, 3.05) is 5.32 Å². The van der Waals surface area contributed by atoms with Crippen LogP contribution < -0.4 is 10.1 Å². The van der Waals surface area contributed by atoms with Gasteiger partial charge in [-0.05, 0) is 42.8 Å². The third kappa shape index (κ3) is 6.15. The molecule has 1 aromatic carbocycles. The molecule has 1 aromatic rings. The Morgan fingerprint density at radius 1 is 1.36 bits per heavy atom. The van der Waals surface area contributed by atoms with Gasteiger partial charge >= 0.3 is 6.18 Å². The van der Waals surface area contributed by atoms with Crippen LogP contribution in [0.25, 0.3) is 0 Å². The summed E-state index contributed by atoms with van der Waals surface area (Å²) in [6.45, 7) is 4.38. The first-order valence-electron chi connectivity index (χ1n) is 6.73. The molecule has 0 aliphatic rings. The number of benzene rings is 1. The number of ether oxygens (including phenoxy) is 1. The molecule has 0 saturated carbocycles. The quantitative estimate of drug-likeness (QED) is 0.372. The Balaban J connectivity index is 0.00000576. The van der Waals surface area contributed by atoms with Crippen molar-refractivity contribution in [3.05, 3.63) is 33.6 Å². The summed E-state index contributed by atoms with van der Waals surface area (Å²) in [4.78, 5) is 11.9. The monoisotopic (exact) mass is 426 g/mol. The number of amides is 1. The highest BCUT2D eigenvalue weighted by Gasteiger charge is 2.35. The Labute approximate surface area is 151 Å². The number of carbonyl (C=O) groups excluding carboxylic acids is 1. The minimum atomic E-state index is -4.85. The van der Waals surface area contributed by atoms with Crippen LogP contribution >= 0.6 is 15.9 Å². The number of rotatable bonds is 5. The number of nitrogens with one attached hydrogen (secondary N) is 2. The van der Waals surface area contributed by atoms with Crippen molar-refractivity contribution in [3.8, 4) is 5.75 Å². The minimum absolute atomic E-state index is 0. The van der Waals surface area contributed by atoms with Gasteiger partial charge in [-0.1, -0.05) is 7.43 Å². The summed E-state index contributed by atoms with van der Waals surface area (Å²) in [5.74, 6) is -1.78. The van der Waals surface area contributed by atoms with Gasteiger partial charge in [-0.2, -0.15) is 13.2 Å². The van der Waals surface area contributed by atoms with E-state index in [4.69, 9.17) is 10.1 Å². The SMILES string of the molecule is C.C/C(C(=O)Nc1cc(OC(C)C)c(Br)cc1F)=C(/C=N)C(F)(F)F. The van der Waals surface area contributed by atoms with Gasteiger partial charge in [0.25, 0.3) is 5.91 Å². The van der Waals surface area contributed by atoms with Crippen LogP contribution in [-0.2, 0) is 4.79 Å². The van der Waals surface area contributed by atoms with Crippen molar-refractivity contribution >= 4 is 33.7 Å². The highest BCUT2D eigenvalue weighted by Crippen LogP contribution is 2.32. The molecule has 1 amide bonds. The fourth-order valence-corrected chi connectivity index (χ4v) is 2.12. The zero-order valence-corrected chi connectivity index (χ0v) is 14.6. The Bertz CT molecular complexity index is 685. The summed E-state index contributed by atoms with van der Waals surface area (Å²) in [5.41, 5.74) is -2.48. The highest BCUT2D eigenvalue weighted by atomic mass is 79.9. The Morgan fingerprint density at radius 2 is 1.92 bits per heavy atom. The van der Waals surface area contributed by atoms with E-state index in [0.29, 0.717) is 4.47 Å². The summed E-state index contributed by atoms with van der Waals surface area (Å²) in [6.07, 6.45) is -5.04. The van der Waals surface area contributed by atoms with E-state index >= 15 is 0 Å². The van der Waals surface area contributed by atoms with Crippen LogP contribution in [0.15, 0.2) is 27.8 Å². The first-order valence-corrected chi connectivity index (χ1v) is 7.52. The Morgan fingerprint density at radius 3 is 2.36 bits per heavy atom. The number of alkyl halides is 3. The number of hydrogen-bond donors (Lipinski definition) is 2. The van der Waals surface area contributed by atoms with Gasteiger partial charge in [-0.25, -0.2) is 4.39 Å². The summed E-state index contributed by atoms with van der Waals surface area (Å²) in [7, 11) is 0. The van der Waals surface area contributed by atoms with Crippen molar-refractivity contribution in [1.82, 2.24) is 0 Å². The fraction of sp³-hybridized carbons (Fsp3) is 0.375. The lowest BCUT2D eigenvalue weighted by Crippen LogP contribution is -2.22. The lowest BCUT2D eigenvalue weighted by atomic mass is 10.1. The molecule has 0 unspecified atom stereocenters. The van der Waals surface area contributed by atoms with Crippen molar-refractivity contribution in [2.24, 2.45) is 0 Å². The van der Waals surface area contributed by atoms with Crippen LogP contribution in [0.2, 0.25) is 0 Å². The molecule has 0 atom stereocenters. The Kier molecular flexibility index (Phi) is 8.30. The van der Waals surface area contributed by atoms with E-state index in [1.807, 2.05) is 0 Å². The van der Waals surface area contributed by atoms with Crippen LogP contribution in [-0.4, -0.2) is 24.4 Å². The molecule has 0 aliphatic carbocycles. The van der Waals surface area contributed by atoms with Crippen LogP contribution in [0.3, 0.4) is 0 Å². The van der Waals surface area contributed by atoms with Crippen LogP contribution in [0, 0.1) is 11.2 Å². The normalized spacial score (nSPS) is 12.2. The van der Waals surface area contributed by atoms with Gasteiger partial charge in [0.15, 0.2) is 0 Å². The maximum absolute atomic E-state index is 13.9. The average molecular weight is 427 g/mol. The van der Waals surface area contributed by atoms with Crippen molar-refractivity contribution in [1.29, 1.82) is 5.41 Å². The van der Waals surface area contributed by atoms with Crippen LogP contribution in [0.4, 0.5) is 23.2 Å². The molecule has 0 saturated heterocycles. The summed E-state index contributed by atoms with van der Waals surface area (Å²) >= 11 is 3.10. The summed E-state index contributed by atoms with van der Waals surface area (Å²) < 4.78 is 57.8. The Hall–Kier alpha value is -1.90. The van der Waals surface area contributed by atoms with Crippen LogP contribution in [0.1, 0.15) is 28.2 Å². The topological polar surface area (TPSA) is 62.2 Å². The summed E-state index contributed by atoms with van der Waals surface area (Å²) in [6, 6.07) is 2.20. The lowest BCUT2D eigenvalue weighted by Gasteiger charge is -2.15. The van der Waals surface area contributed by atoms with E-state index in [9.17, 15) is 22.4 Å². The lowest BCUT2D eigenvalue weighted by molar-refractivity contribution is -0.114. The molecule has 2 N–H and O–H groups in total. The second-order valence-corrected chi connectivity index (χ2v) is 5.92. The molecule has 0 fully saturated rings. The third-order valence-electron chi connectivity index (χ3n) is 2.83. The second kappa shape index (κ2) is 8.98. The number of carbonyl (C=O) groups is 1. The van der Waals surface area contributed by atoms with Gasteiger partial charge in [-0.3, -0.25) is 4.79 Å². The van der Waals surface area contributed by atoms with Gasteiger partial charge in [0, 0.05) is 17.9 Å². The van der Waals surface area contributed by atoms with E-state index in [1.165, 1.54) is 6.07 Å². The van der Waals surface area contributed by atoms with E-state index in [1.54, 1.807) is 13.8 Å². The number of allylic oxidation sites excluding steroid dienone is 1. The highest BCUT2D eigenvalue weighted by molar-refractivity contribution is 9.10. The molecular formula is C16H19BrF4N2O2. The molecular weight excluding hydrogens is 408 g/mol. The molecule has 0 heterocycles. The second-order valence-electron chi connectivity index (χ2n) is 5.06. The molecule has 0 spiro atoms. The van der Waals surface area contributed by atoms with Crippen LogP contribution in [0.5, 0.6) is 5.75 Å². The maximum atomic E-state index is 13.9. The molecule has 4 nitrogen and oxygen atoms in total. The van der Waals surface area contributed by atoms with Crippen molar-refractivity contribution < 1.29 is 27.1 Å². The molecule has 0 aromatic heterocycles. The van der Waals surface area contributed by atoms with Crippen molar-refractivity contribution in [3.63, 3.8) is 0 Å². The third-order valence-corrected chi connectivity index (χ3v) is 3.45. The zero-order valence-electron chi connectivity index (χ0n) is 13.0. The predicted octanol–water partition coefficient (Wildman–Crippen LogP) is 5.48. The first kappa shape index (κ1) is 23.1. The molecule has 25 heavy (non-hydrogen) atoms. The molecule has 140 valence electrons. The maximum Gasteiger partial charge on any atom is 0.418 e. The fourth-order valence-electron chi connectivity index (χ4n) is 1.71. The zero-order chi connectivity index (χ0) is 18.7. The largest absolute Gasteiger partial charge is 0.490 e. The number of hydrogen-bond acceptors (Lipinski definition) is 3. The molecule has 9 heteroatoms. The van der Waals surface area contributed by atoms with Gasteiger partial charge in [-0.15, -0.1) is 0 Å². The summed E-state index contributed by atoms with van der Waals surface area (Å²) in [5, 5.41) is 8.88. The predicted molar refractivity (Wildman–Crippen MR) is 92.8 cm³/mol. The van der Waals surface area contributed by atoms with Gasteiger partial charge in [0.2, 0.25) is 0 Å². The number of anilines is 1. The van der Waals surface area contributed by atoms with E-state index in [2.05, 4.69) is 21.2 Å². The van der Waals surface area contributed by atoms with Crippen molar-refractivity contribution in [2.45, 2.75) is 40.5 Å². The van der Waals surface area contributed by atoms with E-state index in [-0.39, 0.29) is 31.2 Å². The van der Waals surface area contributed by atoms with E-state index in [0.717, 1.165) is 13.0 Å². The van der Waals surface area contributed by atoms with Gasteiger partial charge < -0.3 is 15.5 Å². The van der Waals surface area contributed by atoms with Gasteiger partial charge in [0.1, 0.15) is 11.6 Å². The van der Waals surface area contributed by atoms with Gasteiger partial charge in [0.05, 0.1) is 21.8 Å². The van der Waals surface area contributed by atoms with E-state index < -0.39 is 29.0 Å². The molecule has 1 rings (SSSR count). The molecule has 0 bridgehead atoms. The molecule has 0 aliphatic heterocycles. The standard InChI is InChI=1S/C15H15BrF4N2O2.CH4/c1-7(2)24-13-5-12(11(17)4-10(13)16)22-14(23)8(3)9(6-21)15(18,19)20;/h4-7,21H,1-3H3,(H,22,23);1H4/b9-8+,21-6?;. The smallest absolute Gasteiger partial charge is 0.418 e. The first-order chi connectivity index (χ1) is 11.0. The average Bonchev–Trinajstić information content (AvgIpc) is 2.42. The molecule has 0 radical (unpaired) electrons.